The van der Waals surface area contributed by atoms with Gasteiger partial charge in [0.05, 0.1) is 17.2 Å². The quantitative estimate of drug-likeness (QED) is 0.483. The van der Waals surface area contributed by atoms with Crippen LogP contribution < -0.4 is 10.2 Å². The topological polar surface area (TPSA) is 105 Å². The maximum absolute atomic E-state index is 13.5. The van der Waals surface area contributed by atoms with Crippen LogP contribution in [0.4, 0.5) is 24.5 Å². The van der Waals surface area contributed by atoms with E-state index in [9.17, 15) is 23.4 Å². The third-order valence-electron chi connectivity index (χ3n) is 5.93. The van der Waals surface area contributed by atoms with Crippen molar-refractivity contribution >= 4 is 28.0 Å². The number of rotatable bonds is 5. The molecule has 0 saturated carbocycles. The first-order valence-electron chi connectivity index (χ1n) is 10.5. The molecule has 1 aliphatic heterocycles. The van der Waals surface area contributed by atoms with Crippen LogP contribution in [-0.4, -0.2) is 39.0 Å². The molecule has 176 valence electrons. The Bertz CT molecular complexity index is 1310. The zero-order valence-electron chi connectivity index (χ0n) is 18.4. The molecule has 0 atom stereocenters. The summed E-state index contributed by atoms with van der Waals surface area (Å²) in [4.78, 5) is 9.47. The van der Waals surface area contributed by atoms with Gasteiger partial charge < -0.3 is 20.4 Å². The lowest BCUT2D eigenvalue weighted by Crippen LogP contribution is -2.56. The van der Waals surface area contributed by atoms with Crippen LogP contribution in [0.1, 0.15) is 31.4 Å². The summed E-state index contributed by atoms with van der Waals surface area (Å²) in [7, 11) is 0. The van der Waals surface area contributed by atoms with Gasteiger partial charge in [0.2, 0.25) is 0 Å². The number of nitrogens with one attached hydrogen (secondary N) is 1. The molecule has 4 rings (SSSR count). The second-order valence-corrected chi connectivity index (χ2v) is 8.51. The first-order chi connectivity index (χ1) is 15.9. The number of benzene rings is 2. The Morgan fingerprint density at radius 2 is 1.85 bits per heavy atom. The molecular weight excluding hydrogens is 447 g/mol. The SMILES string of the molecule is CC1(C)N(c2ccc(C#N)c(C(F)(F)F)c2)C(CCNc2ccc3ccncc3c2)=NC1(O)O. The second-order valence-electron chi connectivity index (χ2n) is 8.51. The molecule has 3 aromatic rings. The lowest BCUT2D eigenvalue weighted by atomic mass is 9.97. The zero-order valence-corrected chi connectivity index (χ0v) is 18.4. The van der Waals surface area contributed by atoms with E-state index in [-0.39, 0.29) is 17.9 Å². The van der Waals surface area contributed by atoms with Crippen LogP contribution in [0.2, 0.25) is 0 Å². The van der Waals surface area contributed by atoms with Crippen molar-refractivity contribution < 1.29 is 23.4 Å². The van der Waals surface area contributed by atoms with Crippen LogP contribution in [0.25, 0.3) is 10.8 Å². The Morgan fingerprint density at radius 3 is 2.56 bits per heavy atom. The monoisotopic (exact) mass is 469 g/mol. The van der Waals surface area contributed by atoms with E-state index in [4.69, 9.17) is 5.26 Å². The van der Waals surface area contributed by atoms with Crippen LogP contribution in [0, 0.1) is 11.3 Å². The van der Waals surface area contributed by atoms with Crippen LogP contribution in [0.15, 0.2) is 59.9 Å². The van der Waals surface area contributed by atoms with E-state index in [1.165, 1.54) is 24.8 Å². The number of pyridine rings is 1. The van der Waals surface area contributed by atoms with Crippen molar-refractivity contribution in [3.8, 4) is 6.07 Å². The molecule has 2 aromatic carbocycles. The molecule has 1 aromatic heterocycles. The number of amidine groups is 1. The molecule has 0 bridgehead atoms. The van der Waals surface area contributed by atoms with Gasteiger partial charge >= 0.3 is 6.18 Å². The molecule has 0 saturated heterocycles. The van der Waals surface area contributed by atoms with Crippen molar-refractivity contribution in [1.29, 1.82) is 5.26 Å². The largest absolute Gasteiger partial charge is 0.417 e. The van der Waals surface area contributed by atoms with Gasteiger partial charge in [-0.05, 0) is 55.6 Å². The minimum absolute atomic E-state index is 0.0526. The smallest absolute Gasteiger partial charge is 0.385 e. The summed E-state index contributed by atoms with van der Waals surface area (Å²) < 4.78 is 40.6. The number of hydrogen-bond donors (Lipinski definition) is 3. The molecule has 0 unspecified atom stereocenters. The van der Waals surface area contributed by atoms with Crippen molar-refractivity contribution in [2.75, 3.05) is 16.8 Å². The molecule has 0 radical (unpaired) electrons. The maximum atomic E-state index is 13.5. The summed E-state index contributed by atoms with van der Waals surface area (Å²) in [6.45, 7) is 3.27. The Kier molecular flexibility index (Phi) is 5.71. The second kappa shape index (κ2) is 8.27. The molecular formula is C24H22F3N5O2. The fraction of sp³-hybridized carbons (Fsp3) is 0.292. The number of aromatic nitrogens is 1. The molecule has 2 heterocycles. The number of fused-ring (bicyclic) bond motifs is 1. The highest BCUT2D eigenvalue weighted by atomic mass is 19.4. The Labute approximate surface area is 193 Å². The van der Waals surface area contributed by atoms with E-state index in [0.717, 1.165) is 28.6 Å². The fourth-order valence-electron chi connectivity index (χ4n) is 4.00. The molecule has 0 amide bonds. The lowest BCUT2D eigenvalue weighted by molar-refractivity contribution is -0.185. The highest BCUT2D eigenvalue weighted by Gasteiger charge is 2.54. The number of nitriles is 1. The molecule has 0 spiro atoms. The van der Waals surface area contributed by atoms with E-state index < -0.39 is 28.8 Å². The first-order valence-corrected chi connectivity index (χ1v) is 10.5. The van der Waals surface area contributed by atoms with E-state index in [1.807, 2.05) is 24.3 Å². The van der Waals surface area contributed by atoms with Gasteiger partial charge in [0.1, 0.15) is 11.4 Å². The average Bonchev–Trinajstić information content (AvgIpc) is 2.96. The molecule has 0 fully saturated rings. The number of aliphatic hydroxyl groups is 2. The fourth-order valence-corrected chi connectivity index (χ4v) is 4.00. The van der Waals surface area contributed by atoms with Crippen molar-refractivity contribution in [3.63, 3.8) is 0 Å². The predicted octanol–water partition coefficient (Wildman–Crippen LogP) is 4.26. The normalized spacial score (nSPS) is 16.9. The van der Waals surface area contributed by atoms with Gasteiger partial charge in [-0.3, -0.25) is 4.98 Å². The standard InChI is InChI=1S/C24H22F3N5O2/c1-22(2)24(33,34)31-21(8-10-30-18-5-3-15-7-9-29-14-17(15)11-18)32(22)19-6-4-16(13-28)20(12-19)23(25,26)27/h3-7,9,11-12,14,30,33-34H,8,10H2,1-2H3. The van der Waals surface area contributed by atoms with E-state index in [0.29, 0.717) is 6.54 Å². The van der Waals surface area contributed by atoms with Crippen molar-refractivity contribution in [2.45, 2.75) is 37.9 Å². The third-order valence-corrected chi connectivity index (χ3v) is 5.93. The lowest BCUT2D eigenvalue weighted by Gasteiger charge is -2.39. The van der Waals surface area contributed by atoms with Gasteiger partial charge in [0.15, 0.2) is 0 Å². The van der Waals surface area contributed by atoms with Gasteiger partial charge in [-0.2, -0.15) is 18.4 Å². The molecule has 3 N–H and O–H groups in total. The number of hydrogen-bond acceptors (Lipinski definition) is 7. The number of aliphatic imine (C=N–C) groups is 1. The van der Waals surface area contributed by atoms with Gasteiger partial charge in [-0.25, -0.2) is 4.99 Å². The Morgan fingerprint density at radius 1 is 1.09 bits per heavy atom. The first kappa shape index (κ1) is 23.5. The van der Waals surface area contributed by atoms with Gasteiger partial charge in [0, 0.05) is 42.1 Å². The summed E-state index contributed by atoms with van der Waals surface area (Å²) in [5.74, 6) is -2.33. The van der Waals surface area contributed by atoms with Crippen LogP contribution in [-0.2, 0) is 6.18 Å². The Hall–Kier alpha value is -3.68. The van der Waals surface area contributed by atoms with Crippen molar-refractivity contribution in [3.05, 3.63) is 66.0 Å². The van der Waals surface area contributed by atoms with E-state index in [1.54, 1.807) is 18.5 Å². The Balaban J connectivity index is 1.61. The third kappa shape index (κ3) is 4.16. The molecule has 7 nitrogen and oxygen atoms in total. The maximum Gasteiger partial charge on any atom is 0.417 e. The zero-order chi connectivity index (χ0) is 24.7. The minimum atomic E-state index is -4.75. The van der Waals surface area contributed by atoms with Gasteiger partial charge in [0.25, 0.3) is 5.91 Å². The van der Waals surface area contributed by atoms with Crippen molar-refractivity contribution in [2.24, 2.45) is 4.99 Å². The number of nitrogens with zero attached hydrogens (tertiary/aromatic N) is 4. The molecule has 0 aliphatic carbocycles. The van der Waals surface area contributed by atoms with Crippen LogP contribution >= 0.6 is 0 Å². The number of alkyl halides is 3. The summed E-state index contributed by atoms with van der Waals surface area (Å²) in [5.41, 5.74) is -2.22. The predicted molar refractivity (Wildman–Crippen MR) is 122 cm³/mol. The minimum Gasteiger partial charge on any atom is -0.385 e. The summed E-state index contributed by atoms with van der Waals surface area (Å²) in [6, 6.07) is 12.4. The molecule has 1 aliphatic rings. The highest BCUT2D eigenvalue weighted by molar-refractivity contribution is 6.02. The summed E-state index contributed by atoms with van der Waals surface area (Å²) in [6.07, 6.45) is -1.11. The van der Waals surface area contributed by atoms with E-state index >= 15 is 0 Å². The summed E-state index contributed by atoms with van der Waals surface area (Å²) >= 11 is 0. The van der Waals surface area contributed by atoms with Crippen molar-refractivity contribution in [1.82, 2.24) is 4.98 Å². The van der Waals surface area contributed by atoms with Crippen LogP contribution in [0.3, 0.4) is 0 Å². The average molecular weight is 469 g/mol. The number of anilines is 2. The highest BCUT2D eigenvalue weighted by Crippen LogP contribution is 2.41. The summed E-state index contributed by atoms with van der Waals surface area (Å²) in [5, 5.41) is 35.3. The number of halogens is 3. The van der Waals surface area contributed by atoms with Gasteiger partial charge in [-0.1, -0.05) is 6.07 Å². The molecule has 34 heavy (non-hydrogen) atoms. The van der Waals surface area contributed by atoms with Gasteiger partial charge in [-0.15, -0.1) is 0 Å². The van der Waals surface area contributed by atoms with E-state index in [2.05, 4.69) is 15.3 Å². The van der Waals surface area contributed by atoms with Crippen LogP contribution in [0.5, 0.6) is 0 Å². The molecule has 10 heteroatoms.